The third-order valence-corrected chi connectivity index (χ3v) is 7.27. The number of hydrogen-bond acceptors (Lipinski definition) is 0. The molecule has 0 bridgehead atoms. The van der Waals surface area contributed by atoms with Crippen LogP contribution in [0.3, 0.4) is 0 Å². The van der Waals surface area contributed by atoms with Crippen LogP contribution in [-0.4, -0.2) is 0 Å². The van der Waals surface area contributed by atoms with Crippen molar-refractivity contribution in [3.8, 4) is 11.1 Å². The molecule has 2 aliphatic rings. The zero-order valence-corrected chi connectivity index (χ0v) is 18.9. The molecule has 1 unspecified atom stereocenters. The molecule has 0 spiro atoms. The highest BCUT2D eigenvalue weighted by atomic mass is 19.2. The fraction of sp³-hybridized carbons (Fsp3) is 0.448. The monoisotopic (exact) mass is 438 g/mol. The molecule has 0 aromatic heterocycles. The summed E-state index contributed by atoms with van der Waals surface area (Å²) in [6.07, 6.45) is 15.8. The molecule has 0 heterocycles. The standard InChI is InChI=1S/C29H33F3/c1-2-3-4-9-21-15-17-22(18-16-21)23-10-8-19-29(32,20-23)26-13-6-5-11-24(26)25-12-7-14-27(30)28(25)31/h5-8,10-14,20-22H,2-4,9,15-19H2,1H3. The molecule has 1 fully saturated rings. The molecular formula is C29H33F3. The summed E-state index contributed by atoms with van der Waals surface area (Å²) in [5.41, 5.74) is 0.254. The Balaban J connectivity index is 1.57. The van der Waals surface area contributed by atoms with Crippen LogP contribution in [0.15, 0.2) is 66.3 Å². The number of hydrogen-bond donors (Lipinski definition) is 0. The van der Waals surface area contributed by atoms with Gasteiger partial charge in [0.05, 0.1) is 0 Å². The second-order valence-corrected chi connectivity index (χ2v) is 9.47. The second-order valence-electron chi connectivity index (χ2n) is 9.47. The minimum absolute atomic E-state index is 0.106. The molecule has 0 nitrogen and oxygen atoms in total. The van der Waals surface area contributed by atoms with Crippen molar-refractivity contribution in [1.29, 1.82) is 0 Å². The molecule has 0 amide bonds. The van der Waals surface area contributed by atoms with Gasteiger partial charge in [-0.3, -0.25) is 0 Å². The number of unbranched alkanes of at least 4 members (excludes halogenated alkanes) is 2. The number of allylic oxidation sites excluding steroid dienone is 4. The van der Waals surface area contributed by atoms with Gasteiger partial charge in [0.1, 0.15) is 0 Å². The first-order chi connectivity index (χ1) is 15.5. The van der Waals surface area contributed by atoms with Gasteiger partial charge in [-0.25, -0.2) is 13.2 Å². The van der Waals surface area contributed by atoms with Gasteiger partial charge in [-0.2, -0.15) is 0 Å². The van der Waals surface area contributed by atoms with Gasteiger partial charge in [0.25, 0.3) is 0 Å². The molecule has 0 saturated heterocycles. The third-order valence-electron chi connectivity index (χ3n) is 7.27. The maximum Gasteiger partial charge on any atom is 0.166 e. The van der Waals surface area contributed by atoms with Crippen molar-refractivity contribution >= 4 is 0 Å². The van der Waals surface area contributed by atoms with Gasteiger partial charge >= 0.3 is 0 Å². The molecule has 4 rings (SSSR count). The van der Waals surface area contributed by atoms with Crippen LogP contribution >= 0.6 is 0 Å². The van der Waals surface area contributed by atoms with E-state index < -0.39 is 17.3 Å². The van der Waals surface area contributed by atoms with Gasteiger partial charge in [-0.15, -0.1) is 0 Å². The van der Waals surface area contributed by atoms with E-state index in [4.69, 9.17) is 0 Å². The summed E-state index contributed by atoms with van der Waals surface area (Å²) in [4.78, 5) is 0. The fourth-order valence-corrected chi connectivity index (χ4v) is 5.44. The predicted octanol–water partition coefficient (Wildman–Crippen LogP) is 9.07. The van der Waals surface area contributed by atoms with Gasteiger partial charge in [0.15, 0.2) is 17.3 Å². The second kappa shape index (κ2) is 10.1. The van der Waals surface area contributed by atoms with E-state index in [9.17, 15) is 8.78 Å². The molecular weight excluding hydrogens is 405 g/mol. The summed E-state index contributed by atoms with van der Waals surface area (Å²) in [7, 11) is 0. The summed E-state index contributed by atoms with van der Waals surface area (Å²) < 4.78 is 44.9. The predicted molar refractivity (Wildman–Crippen MR) is 126 cm³/mol. The number of rotatable bonds is 7. The topological polar surface area (TPSA) is 0 Å². The number of halogens is 3. The molecule has 1 saturated carbocycles. The molecule has 2 aliphatic carbocycles. The van der Waals surface area contributed by atoms with Crippen molar-refractivity contribution < 1.29 is 13.2 Å². The SMILES string of the molecule is CCCCCC1CCC(C2=CC(F)(c3ccccc3-c3cccc(F)c3F)CC=C2)CC1. The summed E-state index contributed by atoms with van der Waals surface area (Å²) in [5.74, 6) is -0.666. The zero-order valence-electron chi connectivity index (χ0n) is 18.9. The van der Waals surface area contributed by atoms with Crippen LogP contribution in [0, 0.1) is 23.5 Å². The van der Waals surface area contributed by atoms with Crippen LogP contribution in [0.2, 0.25) is 0 Å². The third kappa shape index (κ3) is 4.87. The first-order valence-electron chi connectivity index (χ1n) is 12.1. The lowest BCUT2D eigenvalue weighted by Crippen LogP contribution is -2.23. The molecule has 2 aromatic rings. The van der Waals surface area contributed by atoms with Gasteiger partial charge in [-0.05, 0) is 60.8 Å². The molecule has 0 N–H and O–H groups in total. The Hall–Kier alpha value is -2.29. The summed E-state index contributed by atoms with van der Waals surface area (Å²) in [5, 5.41) is 0. The van der Waals surface area contributed by atoms with Crippen LogP contribution in [0.4, 0.5) is 13.2 Å². The Bertz CT molecular complexity index is 982. The maximum atomic E-state index is 16.4. The van der Waals surface area contributed by atoms with E-state index in [-0.39, 0.29) is 12.0 Å². The zero-order chi connectivity index (χ0) is 22.6. The molecule has 0 aliphatic heterocycles. The van der Waals surface area contributed by atoms with Gasteiger partial charge in [0, 0.05) is 17.5 Å². The highest BCUT2D eigenvalue weighted by molar-refractivity contribution is 5.70. The summed E-state index contributed by atoms with van der Waals surface area (Å²) in [6, 6.07) is 11.0. The Kier molecular flexibility index (Phi) is 7.23. The highest BCUT2D eigenvalue weighted by Gasteiger charge is 2.35. The smallest absolute Gasteiger partial charge is 0.166 e. The Morgan fingerprint density at radius 2 is 1.66 bits per heavy atom. The maximum absolute atomic E-state index is 16.4. The van der Waals surface area contributed by atoms with Crippen molar-refractivity contribution in [2.24, 2.45) is 11.8 Å². The van der Waals surface area contributed by atoms with Crippen molar-refractivity contribution in [3.05, 3.63) is 83.5 Å². The Morgan fingerprint density at radius 1 is 0.906 bits per heavy atom. The van der Waals surface area contributed by atoms with Crippen LogP contribution in [-0.2, 0) is 5.67 Å². The van der Waals surface area contributed by atoms with Crippen molar-refractivity contribution in [1.82, 2.24) is 0 Å². The summed E-state index contributed by atoms with van der Waals surface area (Å²) >= 11 is 0. The van der Waals surface area contributed by atoms with Crippen LogP contribution in [0.1, 0.15) is 70.3 Å². The van der Waals surface area contributed by atoms with Gasteiger partial charge in [-0.1, -0.05) is 81.2 Å². The first-order valence-corrected chi connectivity index (χ1v) is 12.1. The molecule has 3 heteroatoms. The Morgan fingerprint density at radius 3 is 2.44 bits per heavy atom. The summed E-state index contributed by atoms with van der Waals surface area (Å²) in [6.45, 7) is 2.24. The first kappa shape index (κ1) is 22.9. The minimum atomic E-state index is -1.72. The molecule has 1 atom stereocenters. The lowest BCUT2D eigenvalue weighted by molar-refractivity contribution is 0.228. The molecule has 32 heavy (non-hydrogen) atoms. The molecule has 0 radical (unpaired) electrons. The fourth-order valence-electron chi connectivity index (χ4n) is 5.44. The lowest BCUT2D eigenvalue weighted by Gasteiger charge is -2.33. The van der Waals surface area contributed by atoms with Crippen molar-refractivity contribution in [2.45, 2.75) is 70.4 Å². The Labute approximate surface area is 190 Å². The van der Waals surface area contributed by atoms with E-state index >= 15 is 4.39 Å². The van der Waals surface area contributed by atoms with Crippen LogP contribution in [0.5, 0.6) is 0 Å². The van der Waals surface area contributed by atoms with E-state index in [1.54, 1.807) is 30.3 Å². The minimum Gasteiger partial charge on any atom is -0.234 e. The highest BCUT2D eigenvalue weighted by Crippen LogP contribution is 2.45. The van der Waals surface area contributed by atoms with Crippen molar-refractivity contribution in [2.75, 3.05) is 0 Å². The largest absolute Gasteiger partial charge is 0.234 e. The lowest BCUT2D eigenvalue weighted by atomic mass is 9.73. The van der Waals surface area contributed by atoms with Crippen molar-refractivity contribution in [3.63, 3.8) is 0 Å². The normalized spacial score (nSPS) is 25.6. The average Bonchev–Trinajstić information content (AvgIpc) is 2.82. The van der Waals surface area contributed by atoms with E-state index in [0.29, 0.717) is 17.0 Å². The number of benzene rings is 2. The van der Waals surface area contributed by atoms with E-state index in [1.807, 2.05) is 6.08 Å². The van der Waals surface area contributed by atoms with E-state index in [0.717, 1.165) is 30.4 Å². The quantitative estimate of drug-likeness (QED) is 0.378. The average molecular weight is 439 g/mol. The molecule has 2 aromatic carbocycles. The molecule has 170 valence electrons. The van der Waals surface area contributed by atoms with Gasteiger partial charge in [0.2, 0.25) is 0 Å². The van der Waals surface area contributed by atoms with Crippen LogP contribution in [0.25, 0.3) is 11.1 Å². The van der Waals surface area contributed by atoms with Crippen LogP contribution < -0.4 is 0 Å². The number of alkyl halides is 1. The van der Waals surface area contributed by atoms with Gasteiger partial charge < -0.3 is 0 Å². The van der Waals surface area contributed by atoms with E-state index in [1.165, 1.54) is 50.7 Å². The van der Waals surface area contributed by atoms with E-state index in [2.05, 4.69) is 13.0 Å².